The molecule has 0 atom stereocenters. The molecule has 0 aromatic rings. The van der Waals surface area contributed by atoms with Crippen LogP contribution in [0.2, 0.25) is 0 Å². The van der Waals surface area contributed by atoms with Crippen molar-refractivity contribution in [2.75, 3.05) is 13.1 Å². The van der Waals surface area contributed by atoms with E-state index in [1.807, 2.05) is 0 Å². The maximum atomic E-state index is 3.85. The zero-order chi connectivity index (χ0) is 8.15. The van der Waals surface area contributed by atoms with Crippen LogP contribution in [0.25, 0.3) is 0 Å². The third kappa shape index (κ3) is 3.18. The van der Waals surface area contributed by atoms with Crippen molar-refractivity contribution < 1.29 is 5.73 Å². The highest BCUT2D eigenvalue weighted by Crippen LogP contribution is 2.02. The van der Waals surface area contributed by atoms with Crippen LogP contribution in [0.5, 0.6) is 0 Å². The highest BCUT2D eigenvalue weighted by atomic mass is 15.2. The summed E-state index contributed by atoms with van der Waals surface area (Å²) in [5, 5.41) is 0. The van der Waals surface area contributed by atoms with Gasteiger partial charge >= 0.3 is 0 Å². The van der Waals surface area contributed by atoms with Gasteiger partial charge in [-0.2, -0.15) is 0 Å². The predicted octanol–water partition coefficient (Wildman–Crippen LogP) is 0.347. The Morgan fingerprint density at radius 3 is 1.60 bits per heavy atom. The lowest BCUT2D eigenvalue weighted by Gasteiger charge is -2.28. The third-order valence-electron chi connectivity index (χ3n) is 1.74. The van der Waals surface area contributed by atoms with Gasteiger partial charge in [-0.05, 0) is 27.7 Å². The molecule has 0 saturated heterocycles. The Bertz CT molecular complexity index is 71.3. The Morgan fingerprint density at radius 1 is 1.10 bits per heavy atom. The van der Waals surface area contributed by atoms with Gasteiger partial charge in [0.05, 0.1) is 6.54 Å². The zero-order valence-electron chi connectivity index (χ0n) is 7.72. The molecule has 0 aromatic carbocycles. The average Bonchev–Trinajstić information content (AvgIpc) is 1.81. The molecule has 0 aliphatic carbocycles. The topological polar surface area (TPSA) is 30.9 Å². The van der Waals surface area contributed by atoms with E-state index in [1.54, 1.807) is 0 Å². The molecular weight excluding hydrogens is 124 g/mol. The maximum absolute atomic E-state index is 3.85. The Labute approximate surface area is 64.4 Å². The molecule has 0 amide bonds. The maximum Gasteiger partial charge on any atom is 0.0869 e. The average molecular weight is 145 g/mol. The zero-order valence-corrected chi connectivity index (χ0v) is 7.72. The molecule has 0 unspecified atom stereocenters. The fourth-order valence-electron chi connectivity index (χ4n) is 1.30. The van der Waals surface area contributed by atoms with Gasteiger partial charge in [0.1, 0.15) is 0 Å². The van der Waals surface area contributed by atoms with Crippen molar-refractivity contribution in [2.24, 2.45) is 0 Å². The number of hydrogen-bond acceptors (Lipinski definition) is 1. The molecule has 0 radical (unpaired) electrons. The summed E-state index contributed by atoms with van der Waals surface area (Å²) in [6.45, 7) is 11.1. The fraction of sp³-hybridized carbons (Fsp3) is 1.00. The van der Waals surface area contributed by atoms with E-state index < -0.39 is 0 Å². The van der Waals surface area contributed by atoms with Crippen LogP contribution < -0.4 is 5.73 Å². The normalized spacial score (nSPS) is 12.0. The molecular formula is C8H21N2+. The van der Waals surface area contributed by atoms with Gasteiger partial charge in [0.15, 0.2) is 0 Å². The molecule has 0 aliphatic heterocycles. The Kier molecular flexibility index (Phi) is 4.65. The van der Waals surface area contributed by atoms with Crippen molar-refractivity contribution in [3.8, 4) is 0 Å². The van der Waals surface area contributed by atoms with Crippen LogP contribution in [0.3, 0.4) is 0 Å². The van der Waals surface area contributed by atoms with Crippen LogP contribution in [0.4, 0.5) is 0 Å². The van der Waals surface area contributed by atoms with E-state index in [2.05, 4.69) is 38.3 Å². The summed E-state index contributed by atoms with van der Waals surface area (Å²) in [4.78, 5) is 2.45. The van der Waals surface area contributed by atoms with Gasteiger partial charge in [0.25, 0.3) is 0 Å². The molecule has 3 N–H and O–H groups in total. The quantitative estimate of drug-likeness (QED) is 0.608. The summed E-state index contributed by atoms with van der Waals surface area (Å²) in [7, 11) is 0. The SMILES string of the molecule is CC(C)N(CC[NH3+])C(C)C. The van der Waals surface area contributed by atoms with Gasteiger partial charge in [0, 0.05) is 18.6 Å². The molecule has 0 saturated carbocycles. The largest absolute Gasteiger partial charge is 0.356 e. The minimum Gasteiger partial charge on any atom is -0.356 e. The molecule has 2 heteroatoms. The van der Waals surface area contributed by atoms with E-state index in [-0.39, 0.29) is 0 Å². The standard InChI is InChI=1S/C8H20N2/c1-7(2)10(6-5-9)8(3)4/h7-8H,5-6,9H2,1-4H3/p+1. The Morgan fingerprint density at radius 2 is 1.50 bits per heavy atom. The molecule has 0 aliphatic rings. The van der Waals surface area contributed by atoms with E-state index in [9.17, 15) is 0 Å². The molecule has 0 aromatic heterocycles. The first kappa shape index (κ1) is 9.92. The van der Waals surface area contributed by atoms with Gasteiger partial charge in [-0.15, -0.1) is 0 Å². The van der Waals surface area contributed by atoms with E-state index in [1.165, 1.54) is 0 Å². The van der Waals surface area contributed by atoms with E-state index in [0.29, 0.717) is 12.1 Å². The predicted molar refractivity (Wildman–Crippen MR) is 44.7 cm³/mol. The lowest BCUT2D eigenvalue weighted by atomic mass is 10.2. The van der Waals surface area contributed by atoms with E-state index in [4.69, 9.17) is 0 Å². The van der Waals surface area contributed by atoms with Crippen molar-refractivity contribution in [1.82, 2.24) is 4.90 Å². The van der Waals surface area contributed by atoms with Crippen LogP contribution in [-0.4, -0.2) is 30.1 Å². The van der Waals surface area contributed by atoms with Crippen LogP contribution >= 0.6 is 0 Å². The van der Waals surface area contributed by atoms with Gasteiger partial charge < -0.3 is 5.73 Å². The first-order valence-electron chi connectivity index (χ1n) is 4.14. The second kappa shape index (κ2) is 4.69. The van der Waals surface area contributed by atoms with Crippen LogP contribution in [-0.2, 0) is 0 Å². The fourth-order valence-corrected chi connectivity index (χ4v) is 1.30. The van der Waals surface area contributed by atoms with Crippen LogP contribution in [0.1, 0.15) is 27.7 Å². The van der Waals surface area contributed by atoms with E-state index >= 15 is 0 Å². The van der Waals surface area contributed by atoms with Crippen LogP contribution in [0.15, 0.2) is 0 Å². The second-order valence-electron chi connectivity index (χ2n) is 3.28. The summed E-state index contributed by atoms with van der Waals surface area (Å²) < 4.78 is 0. The summed E-state index contributed by atoms with van der Waals surface area (Å²) >= 11 is 0. The van der Waals surface area contributed by atoms with Gasteiger partial charge in [-0.1, -0.05) is 0 Å². The van der Waals surface area contributed by atoms with E-state index in [0.717, 1.165) is 13.1 Å². The molecule has 62 valence electrons. The summed E-state index contributed by atoms with van der Waals surface area (Å²) in [6.07, 6.45) is 0. The molecule has 0 rings (SSSR count). The minimum absolute atomic E-state index is 0.654. The number of nitrogens with zero attached hydrogens (tertiary/aromatic N) is 1. The number of hydrogen-bond donors (Lipinski definition) is 1. The minimum atomic E-state index is 0.654. The first-order valence-corrected chi connectivity index (χ1v) is 4.14. The summed E-state index contributed by atoms with van der Waals surface area (Å²) in [5.74, 6) is 0. The monoisotopic (exact) mass is 145 g/mol. The molecule has 0 fully saturated rings. The third-order valence-corrected chi connectivity index (χ3v) is 1.74. The smallest absolute Gasteiger partial charge is 0.0869 e. The summed E-state index contributed by atoms with van der Waals surface area (Å²) in [6, 6.07) is 1.31. The lowest BCUT2D eigenvalue weighted by molar-refractivity contribution is -0.369. The Hall–Kier alpha value is -0.0800. The van der Waals surface area contributed by atoms with Gasteiger partial charge in [-0.3, -0.25) is 4.90 Å². The van der Waals surface area contributed by atoms with Crippen molar-refractivity contribution in [3.05, 3.63) is 0 Å². The molecule has 0 spiro atoms. The van der Waals surface area contributed by atoms with Gasteiger partial charge in [-0.25, -0.2) is 0 Å². The Balaban J connectivity index is 3.73. The molecule has 10 heavy (non-hydrogen) atoms. The second-order valence-corrected chi connectivity index (χ2v) is 3.28. The lowest BCUT2D eigenvalue weighted by Crippen LogP contribution is -2.56. The highest BCUT2D eigenvalue weighted by Gasteiger charge is 2.11. The number of rotatable bonds is 4. The first-order chi connectivity index (χ1) is 4.59. The molecule has 2 nitrogen and oxygen atoms in total. The van der Waals surface area contributed by atoms with Crippen LogP contribution in [0, 0.1) is 0 Å². The number of quaternary nitrogens is 1. The molecule has 0 bridgehead atoms. The summed E-state index contributed by atoms with van der Waals surface area (Å²) in [5.41, 5.74) is 3.85. The van der Waals surface area contributed by atoms with Crippen molar-refractivity contribution in [2.45, 2.75) is 39.8 Å². The highest BCUT2D eigenvalue weighted by molar-refractivity contribution is 4.65. The van der Waals surface area contributed by atoms with Crippen molar-refractivity contribution in [3.63, 3.8) is 0 Å². The van der Waals surface area contributed by atoms with Gasteiger partial charge in [0.2, 0.25) is 0 Å². The van der Waals surface area contributed by atoms with Crippen molar-refractivity contribution >= 4 is 0 Å². The van der Waals surface area contributed by atoms with Crippen molar-refractivity contribution in [1.29, 1.82) is 0 Å². The molecule has 0 heterocycles.